The van der Waals surface area contributed by atoms with E-state index in [0.717, 1.165) is 10.7 Å². The quantitative estimate of drug-likeness (QED) is 0.891. The Bertz CT molecular complexity index is 612. The first-order valence-corrected chi connectivity index (χ1v) is 7.47. The number of rotatable bonds is 5. The summed E-state index contributed by atoms with van der Waals surface area (Å²) in [5, 5.41) is 15.6. The third-order valence-electron chi connectivity index (χ3n) is 3.08. The summed E-state index contributed by atoms with van der Waals surface area (Å²) < 4.78 is 12.8. The van der Waals surface area contributed by atoms with Gasteiger partial charge in [0, 0.05) is 5.38 Å². The molecule has 1 aromatic heterocycles. The predicted octanol–water partition coefficient (Wildman–Crippen LogP) is 2.37. The smallest absolute Gasteiger partial charge is 0.226 e. The van der Waals surface area contributed by atoms with Crippen molar-refractivity contribution < 1.29 is 14.3 Å². The van der Waals surface area contributed by atoms with Crippen LogP contribution in [0.1, 0.15) is 29.3 Å². The monoisotopic (exact) mass is 308 g/mol. The Morgan fingerprint density at radius 1 is 1.43 bits per heavy atom. The van der Waals surface area contributed by atoms with E-state index in [0.29, 0.717) is 5.56 Å². The summed E-state index contributed by atoms with van der Waals surface area (Å²) in [7, 11) is 0. The van der Waals surface area contributed by atoms with Crippen molar-refractivity contribution in [2.75, 3.05) is 0 Å². The maximum atomic E-state index is 12.8. The SMILES string of the molecule is Cc1nc(CC(=O)NC(C)C(O)c2ccc(F)cc2)cs1. The van der Waals surface area contributed by atoms with Gasteiger partial charge < -0.3 is 10.4 Å². The van der Waals surface area contributed by atoms with Crippen LogP contribution >= 0.6 is 11.3 Å². The standard InChI is InChI=1S/C15H17FN2O2S/c1-9(15(20)11-3-5-12(16)6-4-11)17-14(19)7-13-8-21-10(2)18-13/h3-6,8-9,15,20H,7H2,1-2H3,(H,17,19). The lowest BCUT2D eigenvalue weighted by atomic mass is 10.0. The van der Waals surface area contributed by atoms with Gasteiger partial charge in [-0.2, -0.15) is 0 Å². The molecule has 0 aliphatic rings. The molecule has 2 rings (SSSR count). The van der Waals surface area contributed by atoms with Gasteiger partial charge in [-0.05, 0) is 31.5 Å². The molecule has 0 radical (unpaired) electrons. The molecule has 0 aliphatic carbocycles. The molecule has 6 heteroatoms. The summed E-state index contributed by atoms with van der Waals surface area (Å²) >= 11 is 1.49. The molecule has 0 aliphatic heterocycles. The normalized spacial score (nSPS) is 13.7. The molecular formula is C15H17FN2O2S. The fourth-order valence-electron chi connectivity index (χ4n) is 1.99. The fourth-order valence-corrected chi connectivity index (χ4v) is 2.60. The van der Waals surface area contributed by atoms with Crippen molar-refractivity contribution in [2.24, 2.45) is 0 Å². The molecule has 112 valence electrons. The highest BCUT2D eigenvalue weighted by Gasteiger charge is 2.19. The van der Waals surface area contributed by atoms with E-state index in [1.165, 1.54) is 35.6 Å². The molecular weight excluding hydrogens is 291 g/mol. The van der Waals surface area contributed by atoms with Crippen molar-refractivity contribution in [3.8, 4) is 0 Å². The van der Waals surface area contributed by atoms with Crippen molar-refractivity contribution in [2.45, 2.75) is 32.4 Å². The number of nitrogens with one attached hydrogen (secondary N) is 1. The number of nitrogens with zero attached hydrogens (tertiary/aromatic N) is 1. The van der Waals surface area contributed by atoms with Gasteiger partial charge in [-0.15, -0.1) is 11.3 Å². The van der Waals surface area contributed by atoms with Crippen LogP contribution in [0.5, 0.6) is 0 Å². The Balaban J connectivity index is 1.92. The van der Waals surface area contributed by atoms with E-state index in [1.54, 1.807) is 6.92 Å². The first-order chi connectivity index (χ1) is 9.95. The molecule has 2 atom stereocenters. The summed E-state index contributed by atoms with van der Waals surface area (Å²) in [5.74, 6) is -0.560. The van der Waals surface area contributed by atoms with E-state index in [-0.39, 0.29) is 18.1 Å². The number of benzene rings is 1. The molecule has 0 fully saturated rings. The summed E-state index contributed by atoms with van der Waals surface area (Å²) in [5.41, 5.74) is 1.28. The molecule has 4 nitrogen and oxygen atoms in total. The molecule has 1 amide bonds. The lowest BCUT2D eigenvalue weighted by Crippen LogP contribution is -2.38. The van der Waals surface area contributed by atoms with E-state index >= 15 is 0 Å². The Morgan fingerprint density at radius 2 is 2.10 bits per heavy atom. The lowest BCUT2D eigenvalue weighted by Gasteiger charge is -2.20. The average molecular weight is 308 g/mol. The molecule has 1 heterocycles. The van der Waals surface area contributed by atoms with Crippen molar-refractivity contribution in [1.29, 1.82) is 0 Å². The Morgan fingerprint density at radius 3 is 2.67 bits per heavy atom. The number of amides is 1. The lowest BCUT2D eigenvalue weighted by molar-refractivity contribution is -0.121. The van der Waals surface area contributed by atoms with Gasteiger partial charge in [-0.25, -0.2) is 9.37 Å². The number of aliphatic hydroxyl groups excluding tert-OH is 1. The highest BCUT2D eigenvalue weighted by molar-refractivity contribution is 7.09. The topological polar surface area (TPSA) is 62.2 Å². The molecule has 1 aromatic carbocycles. The molecule has 2 N–H and O–H groups in total. The Kier molecular flexibility index (Phi) is 5.03. The molecule has 21 heavy (non-hydrogen) atoms. The van der Waals surface area contributed by atoms with Crippen LogP contribution in [0.3, 0.4) is 0 Å². The Hall–Kier alpha value is -1.79. The number of aliphatic hydroxyl groups is 1. The molecule has 2 unspecified atom stereocenters. The van der Waals surface area contributed by atoms with E-state index in [4.69, 9.17) is 0 Å². The maximum absolute atomic E-state index is 12.8. The van der Waals surface area contributed by atoms with Crippen LogP contribution in [-0.4, -0.2) is 22.0 Å². The first-order valence-electron chi connectivity index (χ1n) is 6.59. The van der Waals surface area contributed by atoms with Crippen LogP contribution in [0.25, 0.3) is 0 Å². The van der Waals surface area contributed by atoms with Crippen LogP contribution in [0.15, 0.2) is 29.6 Å². The highest BCUT2D eigenvalue weighted by Crippen LogP contribution is 2.17. The number of halogens is 1. The third-order valence-corrected chi connectivity index (χ3v) is 3.90. The fraction of sp³-hybridized carbons (Fsp3) is 0.333. The zero-order chi connectivity index (χ0) is 15.4. The second-order valence-electron chi connectivity index (χ2n) is 4.89. The number of carbonyl (C=O) groups excluding carboxylic acids is 1. The maximum Gasteiger partial charge on any atom is 0.226 e. The first kappa shape index (κ1) is 15.6. The van der Waals surface area contributed by atoms with Crippen LogP contribution in [-0.2, 0) is 11.2 Å². The van der Waals surface area contributed by atoms with Crippen LogP contribution in [0, 0.1) is 12.7 Å². The molecule has 0 saturated carbocycles. The van der Waals surface area contributed by atoms with E-state index < -0.39 is 12.1 Å². The van der Waals surface area contributed by atoms with E-state index in [9.17, 15) is 14.3 Å². The average Bonchev–Trinajstić information content (AvgIpc) is 2.83. The minimum Gasteiger partial charge on any atom is -0.386 e. The van der Waals surface area contributed by atoms with Gasteiger partial charge in [0.2, 0.25) is 5.91 Å². The van der Waals surface area contributed by atoms with Gasteiger partial charge in [0.25, 0.3) is 0 Å². The summed E-state index contributed by atoms with van der Waals surface area (Å²) in [6.07, 6.45) is -0.697. The molecule has 0 saturated heterocycles. The van der Waals surface area contributed by atoms with Crippen molar-refractivity contribution >= 4 is 17.2 Å². The summed E-state index contributed by atoms with van der Waals surface area (Å²) in [6, 6.07) is 5.11. The molecule has 0 spiro atoms. The van der Waals surface area contributed by atoms with Crippen LogP contribution < -0.4 is 5.32 Å². The summed E-state index contributed by atoms with van der Waals surface area (Å²) in [4.78, 5) is 16.1. The van der Waals surface area contributed by atoms with E-state index in [1.807, 2.05) is 12.3 Å². The largest absolute Gasteiger partial charge is 0.386 e. The minimum atomic E-state index is -0.883. The van der Waals surface area contributed by atoms with Gasteiger partial charge in [0.05, 0.1) is 29.3 Å². The van der Waals surface area contributed by atoms with Gasteiger partial charge >= 0.3 is 0 Å². The number of hydrogen-bond donors (Lipinski definition) is 2. The number of aryl methyl sites for hydroxylation is 1. The second-order valence-corrected chi connectivity index (χ2v) is 5.95. The van der Waals surface area contributed by atoms with Crippen LogP contribution in [0.2, 0.25) is 0 Å². The Labute approximate surface area is 126 Å². The van der Waals surface area contributed by atoms with E-state index in [2.05, 4.69) is 10.3 Å². The van der Waals surface area contributed by atoms with Gasteiger partial charge in [0.1, 0.15) is 5.82 Å². The zero-order valence-corrected chi connectivity index (χ0v) is 12.7. The third kappa shape index (κ3) is 4.34. The zero-order valence-electron chi connectivity index (χ0n) is 11.8. The highest BCUT2D eigenvalue weighted by atomic mass is 32.1. The number of hydrogen-bond acceptors (Lipinski definition) is 4. The second kappa shape index (κ2) is 6.78. The number of carbonyl (C=O) groups is 1. The van der Waals surface area contributed by atoms with Crippen molar-refractivity contribution in [1.82, 2.24) is 10.3 Å². The van der Waals surface area contributed by atoms with Crippen molar-refractivity contribution in [3.63, 3.8) is 0 Å². The minimum absolute atomic E-state index is 0.185. The molecule has 0 bridgehead atoms. The van der Waals surface area contributed by atoms with Gasteiger partial charge in [-0.3, -0.25) is 4.79 Å². The van der Waals surface area contributed by atoms with Crippen LogP contribution in [0.4, 0.5) is 4.39 Å². The number of aromatic nitrogens is 1. The summed E-state index contributed by atoms with van der Waals surface area (Å²) in [6.45, 7) is 3.59. The van der Waals surface area contributed by atoms with Gasteiger partial charge in [0.15, 0.2) is 0 Å². The number of thiazole rings is 1. The van der Waals surface area contributed by atoms with Gasteiger partial charge in [-0.1, -0.05) is 12.1 Å². The van der Waals surface area contributed by atoms with Crippen molar-refractivity contribution in [3.05, 3.63) is 51.7 Å². The predicted molar refractivity (Wildman–Crippen MR) is 79.5 cm³/mol. The molecule has 2 aromatic rings.